The maximum atomic E-state index is 13.3. The summed E-state index contributed by atoms with van der Waals surface area (Å²) in [5.74, 6) is 0.277. The predicted molar refractivity (Wildman–Crippen MR) is 125 cm³/mol. The molecule has 33 heavy (non-hydrogen) atoms. The maximum absolute atomic E-state index is 13.3. The Kier molecular flexibility index (Phi) is 7.00. The van der Waals surface area contributed by atoms with E-state index in [9.17, 15) is 9.18 Å². The van der Waals surface area contributed by atoms with Crippen LogP contribution in [0.2, 0.25) is 0 Å². The second-order valence-electron chi connectivity index (χ2n) is 7.80. The standard InChI is InChI=1S/C26H26FN3O3/c1-18(29-25(31)14-15-32-2)26(19-6-4-3-5-7-19)33-23-12-13-24-20(16-23)17-28-30(24)22-10-8-21(27)9-11-22/h3-13,16-18,26H,14-15H2,1-2H3,(H,29,31)/t18-,26-/m0/s1. The molecule has 0 aliphatic heterocycles. The summed E-state index contributed by atoms with van der Waals surface area (Å²) in [7, 11) is 1.57. The van der Waals surface area contributed by atoms with Gasteiger partial charge in [0.25, 0.3) is 0 Å². The molecule has 0 aliphatic carbocycles. The minimum atomic E-state index is -0.387. The number of rotatable bonds is 9. The van der Waals surface area contributed by atoms with Crippen LogP contribution in [0.1, 0.15) is 25.0 Å². The first-order valence-electron chi connectivity index (χ1n) is 10.8. The van der Waals surface area contributed by atoms with Crippen LogP contribution in [0.25, 0.3) is 16.6 Å². The van der Waals surface area contributed by atoms with Gasteiger partial charge in [0, 0.05) is 18.9 Å². The molecule has 1 N–H and O–H groups in total. The minimum Gasteiger partial charge on any atom is -0.484 e. The molecule has 0 spiro atoms. The van der Waals surface area contributed by atoms with E-state index in [4.69, 9.17) is 9.47 Å². The van der Waals surface area contributed by atoms with Crippen molar-refractivity contribution >= 4 is 16.8 Å². The van der Waals surface area contributed by atoms with Gasteiger partial charge in [-0.05, 0) is 55.0 Å². The number of amides is 1. The van der Waals surface area contributed by atoms with Crippen molar-refractivity contribution in [2.45, 2.75) is 25.5 Å². The Morgan fingerprint density at radius 1 is 1.09 bits per heavy atom. The molecule has 4 rings (SSSR count). The summed E-state index contributed by atoms with van der Waals surface area (Å²) >= 11 is 0. The van der Waals surface area contributed by atoms with Gasteiger partial charge in [-0.1, -0.05) is 30.3 Å². The molecule has 1 amide bonds. The summed E-state index contributed by atoms with van der Waals surface area (Å²) in [4.78, 5) is 12.3. The van der Waals surface area contributed by atoms with Gasteiger partial charge in [0.15, 0.2) is 0 Å². The average Bonchev–Trinajstić information content (AvgIpc) is 3.25. The SMILES string of the molecule is COCCC(=O)N[C@@H](C)[C@H](Oc1ccc2c(cnn2-c2ccc(F)cc2)c1)c1ccccc1. The van der Waals surface area contributed by atoms with Gasteiger partial charge in [-0.15, -0.1) is 0 Å². The Bertz CT molecular complexity index is 1210. The zero-order valence-electron chi connectivity index (χ0n) is 18.6. The maximum Gasteiger partial charge on any atom is 0.222 e. The normalized spacial score (nSPS) is 12.9. The third kappa shape index (κ3) is 5.38. The van der Waals surface area contributed by atoms with Gasteiger partial charge in [-0.2, -0.15) is 5.10 Å². The lowest BCUT2D eigenvalue weighted by molar-refractivity contribution is -0.123. The lowest BCUT2D eigenvalue weighted by atomic mass is 10.0. The van der Waals surface area contributed by atoms with E-state index in [0.29, 0.717) is 12.4 Å². The molecule has 2 atom stereocenters. The average molecular weight is 448 g/mol. The van der Waals surface area contributed by atoms with Gasteiger partial charge in [0.1, 0.15) is 17.7 Å². The van der Waals surface area contributed by atoms with Crippen molar-refractivity contribution in [2.24, 2.45) is 0 Å². The molecular weight excluding hydrogens is 421 g/mol. The molecule has 1 heterocycles. The van der Waals surface area contributed by atoms with Crippen molar-refractivity contribution in [1.82, 2.24) is 15.1 Å². The number of ether oxygens (including phenoxy) is 2. The molecule has 0 aliphatic rings. The molecule has 1 aromatic heterocycles. The van der Waals surface area contributed by atoms with E-state index in [-0.39, 0.29) is 30.3 Å². The van der Waals surface area contributed by atoms with Gasteiger partial charge in [0.05, 0.1) is 30.0 Å². The largest absolute Gasteiger partial charge is 0.484 e. The van der Waals surface area contributed by atoms with Crippen LogP contribution in [0, 0.1) is 5.82 Å². The number of benzene rings is 3. The van der Waals surface area contributed by atoms with E-state index in [2.05, 4.69) is 10.4 Å². The summed E-state index contributed by atoms with van der Waals surface area (Å²) in [6.45, 7) is 2.29. The van der Waals surface area contributed by atoms with Crippen molar-refractivity contribution in [2.75, 3.05) is 13.7 Å². The molecule has 170 valence electrons. The van der Waals surface area contributed by atoms with Gasteiger partial charge in [0.2, 0.25) is 5.91 Å². The molecule has 6 nitrogen and oxygen atoms in total. The molecule has 0 bridgehead atoms. The van der Waals surface area contributed by atoms with Crippen LogP contribution < -0.4 is 10.1 Å². The zero-order chi connectivity index (χ0) is 23.2. The number of hydrogen-bond donors (Lipinski definition) is 1. The summed E-state index contributed by atoms with van der Waals surface area (Å²) < 4.78 is 26.4. The third-order valence-electron chi connectivity index (χ3n) is 5.38. The minimum absolute atomic E-state index is 0.0927. The number of methoxy groups -OCH3 is 1. The molecule has 0 saturated carbocycles. The fraction of sp³-hybridized carbons (Fsp3) is 0.231. The highest BCUT2D eigenvalue weighted by atomic mass is 19.1. The summed E-state index contributed by atoms with van der Waals surface area (Å²) in [5.41, 5.74) is 2.61. The van der Waals surface area contributed by atoms with E-state index in [1.54, 1.807) is 30.1 Å². The fourth-order valence-electron chi connectivity index (χ4n) is 3.72. The Labute approximate surface area is 191 Å². The van der Waals surface area contributed by atoms with Gasteiger partial charge in [-0.3, -0.25) is 4.79 Å². The molecule has 7 heteroatoms. The number of carbonyl (C=O) groups excluding carboxylic acids is 1. The Balaban J connectivity index is 1.58. The molecule has 0 unspecified atom stereocenters. The molecule has 3 aromatic carbocycles. The first kappa shape index (κ1) is 22.5. The summed E-state index contributed by atoms with van der Waals surface area (Å²) in [6, 6.07) is 21.4. The number of hydrogen-bond acceptors (Lipinski definition) is 4. The molecule has 0 radical (unpaired) electrons. The zero-order valence-corrected chi connectivity index (χ0v) is 18.6. The number of nitrogens with zero attached hydrogens (tertiary/aromatic N) is 2. The van der Waals surface area contributed by atoms with Crippen LogP contribution in [-0.2, 0) is 9.53 Å². The van der Waals surface area contributed by atoms with Crippen molar-refractivity contribution in [3.05, 3.63) is 90.4 Å². The summed E-state index contributed by atoms with van der Waals surface area (Å²) in [5, 5.41) is 8.35. The number of halogens is 1. The number of nitrogens with one attached hydrogen (secondary N) is 1. The summed E-state index contributed by atoms with van der Waals surface area (Å²) in [6.07, 6.45) is 1.65. The third-order valence-corrected chi connectivity index (χ3v) is 5.38. The molecular formula is C26H26FN3O3. The van der Waals surface area contributed by atoms with E-state index in [0.717, 1.165) is 22.2 Å². The molecule has 0 saturated heterocycles. The van der Waals surface area contributed by atoms with E-state index < -0.39 is 0 Å². The van der Waals surface area contributed by atoms with Crippen LogP contribution in [0.15, 0.2) is 79.0 Å². The lowest BCUT2D eigenvalue weighted by Gasteiger charge is -2.26. The predicted octanol–water partition coefficient (Wildman–Crippen LogP) is 4.83. The monoisotopic (exact) mass is 447 g/mol. The Hall–Kier alpha value is -3.71. The first-order chi connectivity index (χ1) is 16.0. The number of aromatic nitrogens is 2. The van der Waals surface area contributed by atoms with Crippen LogP contribution in [0.3, 0.4) is 0 Å². The van der Waals surface area contributed by atoms with Crippen LogP contribution in [-0.4, -0.2) is 35.4 Å². The van der Waals surface area contributed by atoms with Crippen LogP contribution in [0.4, 0.5) is 4.39 Å². The quantitative estimate of drug-likeness (QED) is 0.399. The lowest BCUT2D eigenvalue weighted by Crippen LogP contribution is -2.39. The highest BCUT2D eigenvalue weighted by Gasteiger charge is 2.23. The van der Waals surface area contributed by atoms with E-state index in [1.807, 2.05) is 55.5 Å². The second kappa shape index (κ2) is 10.3. The van der Waals surface area contributed by atoms with Crippen molar-refractivity contribution in [1.29, 1.82) is 0 Å². The first-order valence-corrected chi connectivity index (χ1v) is 10.8. The Morgan fingerprint density at radius 2 is 1.85 bits per heavy atom. The van der Waals surface area contributed by atoms with Crippen LogP contribution >= 0.6 is 0 Å². The van der Waals surface area contributed by atoms with Crippen molar-refractivity contribution < 1.29 is 18.7 Å². The van der Waals surface area contributed by atoms with Crippen molar-refractivity contribution in [3.8, 4) is 11.4 Å². The van der Waals surface area contributed by atoms with E-state index >= 15 is 0 Å². The number of fused-ring (bicyclic) bond motifs is 1. The smallest absolute Gasteiger partial charge is 0.222 e. The highest BCUT2D eigenvalue weighted by molar-refractivity contribution is 5.81. The number of carbonyl (C=O) groups is 1. The topological polar surface area (TPSA) is 65.4 Å². The van der Waals surface area contributed by atoms with E-state index in [1.165, 1.54) is 12.1 Å². The van der Waals surface area contributed by atoms with Crippen LogP contribution in [0.5, 0.6) is 5.75 Å². The Morgan fingerprint density at radius 3 is 2.58 bits per heavy atom. The molecule has 4 aromatic rings. The second-order valence-corrected chi connectivity index (χ2v) is 7.80. The van der Waals surface area contributed by atoms with Gasteiger partial charge in [-0.25, -0.2) is 9.07 Å². The van der Waals surface area contributed by atoms with Crippen molar-refractivity contribution in [3.63, 3.8) is 0 Å². The molecule has 0 fully saturated rings. The highest BCUT2D eigenvalue weighted by Crippen LogP contribution is 2.29. The van der Waals surface area contributed by atoms with Gasteiger partial charge >= 0.3 is 0 Å². The fourth-order valence-corrected chi connectivity index (χ4v) is 3.72. The van der Waals surface area contributed by atoms with Gasteiger partial charge < -0.3 is 14.8 Å².